The lowest BCUT2D eigenvalue weighted by molar-refractivity contribution is -0.118. The summed E-state index contributed by atoms with van der Waals surface area (Å²) >= 11 is 3.16. The summed E-state index contributed by atoms with van der Waals surface area (Å²) in [7, 11) is 1.35. The smallest absolute Gasteiger partial charge is 0.407 e. The van der Waals surface area contributed by atoms with E-state index in [1.807, 2.05) is 0 Å². The van der Waals surface area contributed by atoms with Crippen molar-refractivity contribution in [3.05, 3.63) is 0 Å². The van der Waals surface area contributed by atoms with Crippen LogP contribution in [0.15, 0.2) is 0 Å². The van der Waals surface area contributed by atoms with Gasteiger partial charge in [-0.2, -0.15) is 0 Å². The predicted octanol–water partition coefficient (Wildman–Crippen LogP) is 2.40. The highest BCUT2D eigenvalue weighted by atomic mass is 79.9. The van der Waals surface area contributed by atoms with Crippen LogP contribution >= 0.6 is 15.9 Å². The molecule has 1 aliphatic carbocycles. The fourth-order valence-electron chi connectivity index (χ4n) is 2.27. The number of hydrogen-bond donors (Lipinski definition) is 1. The van der Waals surface area contributed by atoms with E-state index in [2.05, 4.69) is 26.0 Å². The van der Waals surface area contributed by atoms with Crippen LogP contribution < -0.4 is 5.32 Å². The largest absolute Gasteiger partial charge is 0.453 e. The molecule has 0 radical (unpaired) electrons. The number of alkyl carbamates (subject to hydrolysis) is 1. The number of rotatable bonds is 4. The SMILES string of the molecule is COC(=O)NC1(CC(=O)CBr)CCCCC1. The van der Waals surface area contributed by atoms with E-state index in [4.69, 9.17) is 0 Å². The first kappa shape index (κ1) is 13.5. The second-order valence-corrected chi connectivity index (χ2v) is 4.87. The van der Waals surface area contributed by atoms with Crippen molar-refractivity contribution in [2.45, 2.75) is 44.1 Å². The molecule has 1 saturated carbocycles. The molecule has 0 saturated heterocycles. The van der Waals surface area contributed by atoms with Crippen molar-refractivity contribution >= 4 is 27.8 Å². The van der Waals surface area contributed by atoms with Gasteiger partial charge in [0.25, 0.3) is 0 Å². The zero-order valence-electron chi connectivity index (χ0n) is 9.55. The van der Waals surface area contributed by atoms with E-state index < -0.39 is 6.09 Å². The molecule has 4 nitrogen and oxygen atoms in total. The molecule has 1 N–H and O–H groups in total. The second-order valence-electron chi connectivity index (χ2n) is 4.31. The van der Waals surface area contributed by atoms with E-state index in [-0.39, 0.29) is 11.3 Å². The molecule has 0 aromatic heterocycles. The summed E-state index contributed by atoms with van der Waals surface area (Å²) in [5.41, 5.74) is -0.379. The third-order valence-electron chi connectivity index (χ3n) is 3.05. The van der Waals surface area contributed by atoms with Gasteiger partial charge in [0, 0.05) is 6.42 Å². The Labute approximate surface area is 104 Å². The van der Waals surface area contributed by atoms with Gasteiger partial charge in [0.1, 0.15) is 5.78 Å². The van der Waals surface area contributed by atoms with E-state index in [9.17, 15) is 9.59 Å². The summed E-state index contributed by atoms with van der Waals surface area (Å²) in [6, 6.07) is 0. The van der Waals surface area contributed by atoms with Crippen LogP contribution in [-0.2, 0) is 9.53 Å². The van der Waals surface area contributed by atoms with Gasteiger partial charge in [0.05, 0.1) is 18.0 Å². The zero-order valence-corrected chi connectivity index (χ0v) is 11.1. The van der Waals surface area contributed by atoms with Crippen molar-refractivity contribution < 1.29 is 14.3 Å². The maximum absolute atomic E-state index is 11.5. The van der Waals surface area contributed by atoms with Gasteiger partial charge in [0.2, 0.25) is 0 Å². The topological polar surface area (TPSA) is 55.4 Å². The maximum atomic E-state index is 11.5. The lowest BCUT2D eigenvalue weighted by atomic mass is 9.78. The molecule has 0 unspecified atom stereocenters. The fourth-order valence-corrected chi connectivity index (χ4v) is 2.46. The average Bonchev–Trinajstić information content (AvgIpc) is 2.29. The molecular weight excluding hydrogens is 274 g/mol. The molecule has 0 atom stereocenters. The Bertz CT molecular complexity index is 242. The van der Waals surface area contributed by atoms with Crippen LogP contribution in [0.5, 0.6) is 0 Å². The molecule has 1 amide bonds. The summed E-state index contributed by atoms with van der Waals surface area (Å²) in [6.07, 6.45) is 4.96. The summed E-state index contributed by atoms with van der Waals surface area (Å²) in [5.74, 6) is 0.123. The molecular formula is C11H18BrNO3. The molecule has 0 aromatic rings. The number of methoxy groups -OCH3 is 1. The van der Waals surface area contributed by atoms with Crippen LogP contribution in [0.2, 0.25) is 0 Å². The Kier molecular flexibility index (Phi) is 5.25. The number of hydrogen-bond acceptors (Lipinski definition) is 3. The number of ether oxygens (including phenoxy) is 1. The van der Waals surface area contributed by atoms with E-state index in [0.717, 1.165) is 25.7 Å². The summed E-state index contributed by atoms with van der Waals surface area (Å²) in [6.45, 7) is 0. The molecule has 0 aromatic carbocycles. The van der Waals surface area contributed by atoms with E-state index in [1.165, 1.54) is 13.5 Å². The van der Waals surface area contributed by atoms with Crippen molar-refractivity contribution in [3.8, 4) is 0 Å². The third kappa shape index (κ3) is 3.77. The van der Waals surface area contributed by atoms with Crippen LogP contribution in [0, 0.1) is 0 Å². The van der Waals surface area contributed by atoms with Crippen LogP contribution in [0.3, 0.4) is 0 Å². The number of ketones is 1. The van der Waals surface area contributed by atoms with Crippen LogP contribution in [0.1, 0.15) is 38.5 Å². The molecule has 1 rings (SSSR count). The van der Waals surface area contributed by atoms with Gasteiger partial charge in [0.15, 0.2) is 0 Å². The third-order valence-corrected chi connectivity index (χ3v) is 3.67. The number of nitrogens with one attached hydrogen (secondary N) is 1. The molecule has 0 heterocycles. The fraction of sp³-hybridized carbons (Fsp3) is 0.818. The minimum atomic E-state index is -0.440. The van der Waals surface area contributed by atoms with Gasteiger partial charge in [-0.3, -0.25) is 4.79 Å². The number of carbonyl (C=O) groups is 2. The van der Waals surface area contributed by atoms with E-state index in [1.54, 1.807) is 0 Å². The first-order valence-corrected chi connectivity index (χ1v) is 6.68. The Morgan fingerprint density at radius 2 is 1.94 bits per heavy atom. The monoisotopic (exact) mass is 291 g/mol. The van der Waals surface area contributed by atoms with Gasteiger partial charge in [-0.15, -0.1) is 0 Å². The Morgan fingerprint density at radius 3 is 2.44 bits per heavy atom. The molecule has 92 valence electrons. The highest BCUT2D eigenvalue weighted by molar-refractivity contribution is 9.09. The Balaban J connectivity index is 2.66. The van der Waals surface area contributed by atoms with Crippen molar-refractivity contribution in [1.82, 2.24) is 5.32 Å². The van der Waals surface area contributed by atoms with E-state index in [0.29, 0.717) is 11.8 Å². The lowest BCUT2D eigenvalue weighted by Crippen LogP contribution is -2.51. The Morgan fingerprint density at radius 1 is 1.31 bits per heavy atom. The molecule has 1 fully saturated rings. The van der Waals surface area contributed by atoms with Crippen molar-refractivity contribution in [3.63, 3.8) is 0 Å². The van der Waals surface area contributed by atoms with E-state index >= 15 is 0 Å². The van der Waals surface area contributed by atoms with Gasteiger partial charge >= 0.3 is 6.09 Å². The zero-order chi connectivity index (χ0) is 12.0. The number of amides is 1. The summed E-state index contributed by atoms with van der Waals surface area (Å²) < 4.78 is 4.62. The maximum Gasteiger partial charge on any atom is 0.407 e. The molecule has 0 spiro atoms. The molecule has 0 bridgehead atoms. The number of halogens is 1. The minimum absolute atomic E-state index is 0.123. The summed E-state index contributed by atoms with van der Waals surface area (Å²) in [5, 5.41) is 3.19. The van der Waals surface area contributed by atoms with Crippen molar-refractivity contribution in [2.24, 2.45) is 0 Å². The van der Waals surface area contributed by atoms with Crippen molar-refractivity contribution in [1.29, 1.82) is 0 Å². The van der Waals surface area contributed by atoms with Crippen LogP contribution in [0.4, 0.5) is 4.79 Å². The Hall–Kier alpha value is -0.580. The summed E-state index contributed by atoms with van der Waals surface area (Å²) in [4.78, 5) is 22.8. The molecule has 16 heavy (non-hydrogen) atoms. The lowest BCUT2D eigenvalue weighted by Gasteiger charge is -2.37. The van der Waals surface area contributed by atoms with Gasteiger partial charge in [-0.1, -0.05) is 35.2 Å². The quantitative estimate of drug-likeness (QED) is 0.809. The van der Waals surface area contributed by atoms with Gasteiger partial charge < -0.3 is 10.1 Å². The van der Waals surface area contributed by atoms with Gasteiger partial charge in [-0.05, 0) is 12.8 Å². The number of alkyl halides is 1. The highest BCUT2D eigenvalue weighted by Crippen LogP contribution is 2.31. The molecule has 0 aliphatic heterocycles. The first-order valence-electron chi connectivity index (χ1n) is 5.56. The van der Waals surface area contributed by atoms with Crippen molar-refractivity contribution in [2.75, 3.05) is 12.4 Å². The standard InChI is InChI=1S/C11H18BrNO3/c1-16-10(15)13-11(7-9(14)8-12)5-3-2-4-6-11/h2-8H2,1H3,(H,13,15). The highest BCUT2D eigenvalue weighted by Gasteiger charge is 2.35. The molecule has 5 heteroatoms. The first-order chi connectivity index (χ1) is 7.62. The van der Waals surface area contributed by atoms with Gasteiger partial charge in [-0.25, -0.2) is 4.79 Å². The normalized spacial score (nSPS) is 18.9. The average molecular weight is 292 g/mol. The van der Waals surface area contributed by atoms with Crippen LogP contribution in [0.25, 0.3) is 0 Å². The number of carbonyl (C=O) groups excluding carboxylic acids is 2. The molecule has 1 aliphatic rings. The second kappa shape index (κ2) is 6.23. The predicted molar refractivity (Wildman–Crippen MR) is 64.8 cm³/mol. The minimum Gasteiger partial charge on any atom is -0.453 e. The van der Waals surface area contributed by atoms with Crippen LogP contribution in [-0.4, -0.2) is 29.9 Å². The number of Topliss-reactive ketones (excluding diaryl/α,β-unsaturated/α-hetero) is 1.